The van der Waals surface area contributed by atoms with E-state index in [9.17, 15) is 4.39 Å². The van der Waals surface area contributed by atoms with Crippen LogP contribution in [0.15, 0.2) is 36.4 Å². The number of nitrogen functional groups attached to an aromatic ring is 1. The predicted molar refractivity (Wildman–Crippen MR) is 116 cm³/mol. The molecule has 0 spiro atoms. The van der Waals surface area contributed by atoms with E-state index in [1.807, 2.05) is 18.2 Å². The van der Waals surface area contributed by atoms with Gasteiger partial charge in [0.15, 0.2) is 0 Å². The average molecular weight is 432 g/mol. The lowest BCUT2D eigenvalue weighted by Gasteiger charge is -2.26. The minimum atomic E-state index is -0.482. The van der Waals surface area contributed by atoms with Gasteiger partial charge in [-0.3, -0.25) is 4.90 Å². The summed E-state index contributed by atoms with van der Waals surface area (Å²) in [5, 5.41) is 3.92. The van der Waals surface area contributed by atoms with Gasteiger partial charge in [-0.15, -0.1) is 0 Å². The number of ether oxygens (including phenoxy) is 2. The number of anilines is 3. The molecule has 1 aliphatic rings. The highest BCUT2D eigenvalue weighted by molar-refractivity contribution is 6.31. The second-order valence-electron chi connectivity index (χ2n) is 7.02. The van der Waals surface area contributed by atoms with Crippen LogP contribution in [0.4, 0.5) is 21.8 Å². The van der Waals surface area contributed by atoms with Crippen LogP contribution in [0.5, 0.6) is 5.75 Å². The van der Waals surface area contributed by atoms with E-state index < -0.39 is 5.82 Å². The van der Waals surface area contributed by atoms with Gasteiger partial charge in [-0.2, -0.15) is 4.98 Å². The SMILES string of the molecule is Nc1nc(Nc2ccc(F)c(Cl)c2)c2ccc(OCCCN3CCOCC3)cc2n1. The number of hydrogen-bond acceptors (Lipinski definition) is 7. The number of nitrogens with zero attached hydrogens (tertiary/aromatic N) is 3. The van der Waals surface area contributed by atoms with Gasteiger partial charge in [0.2, 0.25) is 5.95 Å². The molecule has 1 saturated heterocycles. The Kier molecular flexibility index (Phi) is 6.47. The summed E-state index contributed by atoms with van der Waals surface area (Å²) in [7, 11) is 0. The lowest BCUT2D eigenvalue weighted by Crippen LogP contribution is -2.37. The molecule has 158 valence electrons. The van der Waals surface area contributed by atoms with Gasteiger partial charge in [-0.1, -0.05) is 11.6 Å². The van der Waals surface area contributed by atoms with Crippen LogP contribution in [0.2, 0.25) is 5.02 Å². The minimum Gasteiger partial charge on any atom is -0.493 e. The first-order valence-corrected chi connectivity index (χ1v) is 10.2. The van der Waals surface area contributed by atoms with Crippen molar-refractivity contribution in [3.63, 3.8) is 0 Å². The Morgan fingerprint density at radius 1 is 1.17 bits per heavy atom. The van der Waals surface area contributed by atoms with Crippen LogP contribution in [0.1, 0.15) is 6.42 Å². The van der Waals surface area contributed by atoms with Gasteiger partial charge >= 0.3 is 0 Å². The van der Waals surface area contributed by atoms with Crippen molar-refractivity contribution in [1.29, 1.82) is 0 Å². The van der Waals surface area contributed by atoms with E-state index in [4.69, 9.17) is 26.8 Å². The molecule has 1 fully saturated rings. The molecule has 7 nitrogen and oxygen atoms in total. The fraction of sp³-hybridized carbons (Fsp3) is 0.333. The summed E-state index contributed by atoms with van der Waals surface area (Å²) in [5.41, 5.74) is 7.14. The maximum absolute atomic E-state index is 13.4. The average Bonchev–Trinajstić information content (AvgIpc) is 2.74. The van der Waals surface area contributed by atoms with Gasteiger partial charge < -0.3 is 20.5 Å². The second kappa shape index (κ2) is 9.42. The Hall–Kier alpha value is -2.68. The Morgan fingerprint density at radius 3 is 2.80 bits per heavy atom. The number of halogens is 2. The van der Waals surface area contributed by atoms with Gasteiger partial charge in [0, 0.05) is 36.8 Å². The largest absolute Gasteiger partial charge is 0.493 e. The summed E-state index contributed by atoms with van der Waals surface area (Å²) in [6, 6.07) is 9.95. The highest BCUT2D eigenvalue weighted by atomic mass is 35.5. The topological polar surface area (TPSA) is 85.5 Å². The van der Waals surface area contributed by atoms with Crippen molar-refractivity contribution >= 4 is 40.0 Å². The fourth-order valence-corrected chi connectivity index (χ4v) is 3.51. The quantitative estimate of drug-likeness (QED) is 0.549. The molecule has 9 heteroatoms. The molecular formula is C21H23ClFN5O2. The number of hydrogen-bond donors (Lipinski definition) is 2. The molecule has 1 aromatic heterocycles. The Balaban J connectivity index is 1.44. The van der Waals surface area contributed by atoms with Gasteiger partial charge in [0.1, 0.15) is 17.4 Å². The van der Waals surface area contributed by atoms with Crippen LogP contribution in [-0.2, 0) is 4.74 Å². The zero-order valence-corrected chi connectivity index (χ0v) is 17.2. The summed E-state index contributed by atoms with van der Waals surface area (Å²) in [4.78, 5) is 11.0. The first-order chi connectivity index (χ1) is 14.6. The summed E-state index contributed by atoms with van der Waals surface area (Å²) in [5.74, 6) is 0.879. The molecule has 0 atom stereocenters. The molecule has 4 rings (SSSR count). The van der Waals surface area contributed by atoms with Crippen molar-refractivity contribution < 1.29 is 13.9 Å². The molecular weight excluding hydrogens is 409 g/mol. The number of nitrogens with two attached hydrogens (primary N) is 1. The summed E-state index contributed by atoms with van der Waals surface area (Å²) in [6.45, 7) is 5.14. The molecule has 3 N–H and O–H groups in total. The third kappa shape index (κ3) is 5.08. The molecule has 0 bridgehead atoms. The molecule has 0 aliphatic carbocycles. The van der Waals surface area contributed by atoms with E-state index >= 15 is 0 Å². The zero-order chi connectivity index (χ0) is 20.9. The third-order valence-corrected chi connectivity index (χ3v) is 5.15. The van der Waals surface area contributed by atoms with Gasteiger partial charge in [-0.25, -0.2) is 9.37 Å². The van der Waals surface area contributed by atoms with Crippen LogP contribution < -0.4 is 15.8 Å². The number of morpholine rings is 1. The minimum absolute atomic E-state index is 0.0269. The molecule has 1 aliphatic heterocycles. The maximum Gasteiger partial charge on any atom is 0.222 e. The molecule has 0 amide bonds. The number of fused-ring (bicyclic) bond motifs is 1. The Morgan fingerprint density at radius 2 is 2.00 bits per heavy atom. The van der Waals surface area contributed by atoms with E-state index in [0.29, 0.717) is 23.6 Å². The molecule has 0 radical (unpaired) electrons. The maximum atomic E-state index is 13.4. The summed E-state index contributed by atoms with van der Waals surface area (Å²) >= 11 is 5.86. The molecule has 0 saturated carbocycles. The van der Waals surface area contributed by atoms with Gasteiger partial charge in [0.05, 0.1) is 30.4 Å². The van der Waals surface area contributed by atoms with Crippen molar-refractivity contribution in [2.24, 2.45) is 0 Å². The number of rotatable bonds is 7. The standard InChI is InChI=1S/C21H23ClFN5O2/c22-17-12-14(2-5-18(17)23)25-20-16-4-3-15(13-19(16)26-21(24)27-20)30-9-1-6-28-7-10-29-11-8-28/h2-5,12-13H,1,6-11H2,(H3,24,25,26,27). The zero-order valence-electron chi connectivity index (χ0n) is 16.4. The van der Waals surface area contributed by atoms with Gasteiger partial charge in [0.25, 0.3) is 0 Å². The van der Waals surface area contributed by atoms with E-state index in [-0.39, 0.29) is 11.0 Å². The number of nitrogens with one attached hydrogen (secondary N) is 1. The number of aromatic nitrogens is 2. The molecule has 3 aromatic rings. The van der Waals surface area contributed by atoms with E-state index in [0.717, 1.165) is 50.4 Å². The third-order valence-electron chi connectivity index (χ3n) is 4.86. The van der Waals surface area contributed by atoms with Crippen LogP contribution in [0.25, 0.3) is 10.9 Å². The van der Waals surface area contributed by atoms with Crippen LogP contribution in [0.3, 0.4) is 0 Å². The van der Waals surface area contributed by atoms with Crippen molar-refractivity contribution in [1.82, 2.24) is 14.9 Å². The monoisotopic (exact) mass is 431 g/mol. The molecule has 2 heterocycles. The lowest BCUT2D eigenvalue weighted by atomic mass is 10.2. The normalized spacial score (nSPS) is 14.7. The van der Waals surface area contributed by atoms with E-state index in [2.05, 4.69) is 20.2 Å². The predicted octanol–water partition coefficient (Wildman–Crippen LogP) is 3.85. The van der Waals surface area contributed by atoms with Crippen LogP contribution in [0, 0.1) is 5.82 Å². The summed E-state index contributed by atoms with van der Waals surface area (Å²) in [6.07, 6.45) is 0.933. The number of benzene rings is 2. The summed E-state index contributed by atoms with van der Waals surface area (Å²) < 4.78 is 24.7. The molecule has 2 aromatic carbocycles. The van der Waals surface area contributed by atoms with Crippen LogP contribution >= 0.6 is 11.6 Å². The Bertz CT molecular complexity index is 1030. The van der Waals surface area contributed by atoms with Crippen LogP contribution in [-0.4, -0.2) is 54.3 Å². The second-order valence-corrected chi connectivity index (χ2v) is 7.43. The van der Waals surface area contributed by atoms with Crippen molar-refractivity contribution in [3.8, 4) is 5.75 Å². The lowest BCUT2D eigenvalue weighted by molar-refractivity contribution is 0.0358. The van der Waals surface area contributed by atoms with Crippen molar-refractivity contribution in [3.05, 3.63) is 47.2 Å². The first-order valence-electron chi connectivity index (χ1n) is 9.81. The smallest absolute Gasteiger partial charge is 0.222 e. The fourth-order valence-electron chi connectivity index (χ4n) is 3.33. The van der Waals surface area contributed by atoms with Crippen molar-refractivity contribution in [2.75, 3.05) is 50.5 Å². The van der Waals surface area contributed by atoms with Crippen molar-refractivity contribution in [2.45, 2.75) is 6.42 Å². The molecule has 0 unspecified atom stereocenters. The highest BCUT2D eigenvalue weighted by Crippen LogP contribution is 2.29. The molecule has 30 heavy (non-hydrogen) atoms. The van der Waals surface area contributed by atoms with Gasteiger partial charge in [-0.05, 0) is 36.8 Å². The van der Waals surface area contributed by atoms with E-state index in [1.165, 1.54) is 12.1 Å². The Labute approximate surface area is 179 Å². The highest BCUT2D eigenvalue weighted by Gasteiger charge is 2.11. The first kappa shape index (κ1) is 20.6. The van der Waals surface area contributed by atoms with E-state index in [1.54, 1.807) is 6.07 Å².